The van der Waals surface area contributed by atoms with Crippen LogP contribution < -0.4 is 9.47 Å². The monoisotopic (exact) mass is 292 g/mol. The van der Waals surface area contributed by atoms with Crippen molar-refractivity contribution in [2.24, 2.45) is 0 Å². The van der Waals surface area contributed by atoms with Crippen LogP contribution in [0.4, 0.5) is 4.39 Å². The number of rotatable bonds is 5. The number of ether oxygens (including phenoxy) is 2. The van der Waals surface area contributed by atoms with Crippen LogP contribution in [0.15, 0.2) is 42.5 Å². The quantitative estimate of drug-likeness (QED) is 0.904. The first-order valence-corrected chi connectivity index (χ1v) is 5.93. The lowest BCUT2D eigenvalue weighted by molar-refractivity contribution is -0.139. The third kappa shape index (κ3) is 4.80. The van der Waals surface area contributed by atoms with Gasteiger partial charge in [-0.25, -0.2) is 9.18 Å². The first kappa shape index (κ1) is 16.5. The molecule has 0 unspecified atom stereocenters. The van der Waals surface area contributed by atoms with Crippen LogP contribution in [0.25, 0.3) is 0 Å². The number of benzene rings is 2. The molecule has 2 aromatic carbocycles. The Labute approximate surface area is 122 Å². The van der Waals surface area contributed by atoms with Gasteiger partial charge in [-0.1, -0.05) is 13.5 Å². The molecule has 0 saturated carbocycles. The number of halogens is 1. The summed E-state index contributed by atoms with van der Waals surface area (Å²) in [5.74, 6) is -0.502. The van der Waals surface area contributed by atoms with E-state index in [-0.39, 0.29) is 13.2 Å². The molecule has 0 fully saturated rings. The Morgan fingerprint density at radius 1 is 1.14 bits per heavy atom. The maximum atomic E-state index is 13.6. The van der Waals surface area contributed by atoms with Gasteiger partial charge in [0, 0.05) is 0 Å². The number of aliphatic carboxylic acids is 1. The topological polar surface area (TPSA) is 55.8 Å². The van der Waals surface area contributed by atoms with Gasteiger partial charge in [-0.2, -0.15) is 0 Å². The van der Waals surface area contributed by atoms with Crippen molar-refractivity contribution in [2.45, 2.75) is 14.4 Å². The number of carboxylic acid groups (broad SMARTS) is 1. The Morgan fingerprint density at radius 2 is 1.76 bits per heavy atom. The van der Waals surface area contributed by atoms with Gasteiger partial charge < -0.3 is 14.6 Å². The van der Waals surface area contributed by atoms with Crippen molar-refractivity contribution in [2.75, 3.05) is 6.61 Å². The molecule has 4 nitrogen and oxygen atoms in total. The van der Waals surface area contributed by atoms with Gasteiger partial charge in [-0.15, -0.1) is 0 Å². The Bertz CT molecular complexity index is 608. The minimum absolute atomic E-state index is 0. The lowest BCUT2D eigenvalue weighted by atomic mass is 10.2. The van der Waals surface area contributed by atoms with Crippen molar-refractivity contribution in [1.82, 2.24) is 0 Å². The molecule has 0 atom stereocenters. The first-order chi connectivity index (χ1) is 9.54. The van der Waals surface area contributed by atoms with Crippen molar-refractivity contribution in [3.63, 3.8) is 0 Å². The molecule has 0 aliphatic carbocycles. The minimum atomic E-state index is -1.05. The van der Waals surface area contributed by atoms with E-state index in [1.165, 1.54) is 6.07 Å². The normalized spacial score (nSPS) is 9.62. The maximum absolute atomic E-state index is 13.6. The van der Waals surface area contributed by atoms with E-state index in [1.54, 1.807) is 43.3 Å². The summed E-state index contributed by atoms with van der Waals surface area (Å²) in [7, 11) is 0. The summed E-state index contributed by atoms with van der Waals surface area (Å²) in [5.41, 5.74) is 0.812. The molecule has 2 aromatic rings. The van der Waals surface area contributed by atoms with Crippen LogP contribution in [-0.4, -0.2) is 17.7 Å². The van der Waals surface area contributed by atoms with Crippen LogP contribution in [0.5, 0.6) is 17.2 Å². The van der Waals surface area contributed by atoms with Crippen molar-refractivity contribution in [3.8, 4) is 17.2 Å². The summed E-state index contributed by atoms with van der Waals surface area (Å²) < 4.78 is 24.0. The fourth-order valence-corrected chi connectivity index (χ4v) is 1.56. The van der Waals surface area contributed by atoms with Gasteiger partial charge in [0.25, 0.3) is 0 Å². The predicted octanol–water partition coefficient (Wildman–Crippen LogP) is 4.03. The molecule has 5 heteroatoms. The summed E-state index contributed by atoms with van der Waals surface area (Å²) in [5, 5.41) is 8.49. The average molecular weight is 292 g/mol. The largest absolute Gasteiger partial charge is 0.482 e. The first-order valence-electron chi connectivity index (χ1n) is 5.93. The van der Waals surface area contributed by atoms with E-state index in [4.69, 9.17) is 14.6 Å². The molecule has 0 aromatic heterocycles. The highest BCUT2D eigenvalue weighted by Gasteiger charge is 2.05. The number of hydrogen-bond donors (Lipinski definition) is 1. The smallest absolute Gasteiger partial charge is 0.341 e. The van der Waals surface area contributed by atoms with E-state index in [0.717, 1.165) is 5.56 Å². The molecule has 21 heavy (non-hydrogen) atoms. The van der Waals surface area contributed by atoms with E-state index in [2.05, 4.69) is 0 Å². The molecule has 0 saturated heterocycles. The van der Waals surface area contributed by atoms with Crippen LogP contribution in [0.1, 0.15) is 13.0 Å². The Balaban J connectivity index is 0.00000220. The number of hydrogen-bond acceptors (Lipinski definition) is 3. The van der Waals surface area contributed by atoms with Gasteiger partial charge in [0.1, 0.15) is 11.5 Å². The highest BCUT2D eigenvalue weighted by Crippen LogP contribution is 2.26. The van der Waals surface area contributed by atoms with Gasteiger partial charge in [0.05, 0.1) is 0 Å². The highest BCUT2D eigenvalue weighted by molar-refractivity contribution is 5.68. The zero-order valence-corrected chi connectivity index (χ0v) is 10.8. The van der Waals surface area contributed by atoms with Gasteiger partial charge in [0.2, 0.25) is 0 Å². The molecular weight excluding hydrogens is 275 g/mol. The molecule has 0 heterocycles. The van der Waals surface area contributed by atoms with Crippen LogP contribution in [0.3, 0.4) is 0 Å². The number of carboxylic acids is 1. The Kier molecular flexibility index (Phi) is 5.72. The second kappa shape index (κ2) is 7.28. The zero-order valence-electron chi connectivity index (χ0n) is 10.8. The van der Waals surface area contributed by atoms with E-state index < -0.39 is 18.4 Å². The molecule has 0 aliphatic heterocycles. The summed E-state index contributed by atoms with van der Waals surface area (Å²) in [4.78, 5) is 10.4. The zero-order chi connectivity index (χ0) is 14.5. The molecule has 0 radical (unpaired) electrons. The van der Waals surface area contributed by atoms with Crippen molar-refractivity contribution >= 4 is 5.97 Å². The maximum Gasteiger partial charge on any atom is 0.341 e. The molecule has 1 N–H and O–H groups in total. The molecule has 0 spiro atoms. The predicted molar refractivity (Wildman–Crippen MR) is 77.5 cm³/mol. The molecule has 0 bridgehead atoms. The molecule has 0 aliphatic rings. The van der Waals surface area contributed by atoms with Crippen molar-refractivity contribution < 1.29 is 23.8 Å². The van der Waals surface area contributed by atoms with Crippen LogP contribution >= 0.6 is 0 Å². The van der Waals surface area contributed by atoms with E-state index in [9.17, 15) is 9.18 Å². The molecule has 2 rings (SSSR count). The highest BCUT2D eigenvalue weighted by atomic mass is 19.1. The average Bonchev–Trinajstić information content (AvgIpc) is 2.41. The third-order valence-electron chi connectivity index (χ3n) is 2.50. The number of carbonyl (C=O) groups is 1. The SMILES string of the molecule is C.Cc1ccc(Oc2ccc(OCC(=O)O)cc2)c(F)c1. The van der Waals surface area contributed by atoms with Gasteiger partial charge >= 0.3 is 5.97 Å². The van der Waals surface area contributed by atoms with Crippen molar-refractivity contribution in [3.05, 3.63) is 53.8 Å². The second-order valence-electron chi connectivity index (χ2n) is 4.19. The van der Waals surface area contributed by atoms with Gasteiger partial charge in [-0.3, -0.25) is 0 Å². The minimum Gasteiger partial charge on any atom is -0.482 e. The number of aryl methyl sites for hydroxylation is 1. The summed E-state index contributed by atoms with van der Waals surface area (Å²) >= 11 is 0. The lowest BCUT2D eigenvalue weighted by Crippen LogP contribution is -2.09. The molecule has 0 amide bonds. The van der Waals surface area contributed by atoms with Crippen LogP contribution in [0, 0.1) is 12.7 Å². The lowest BCUT2D eigenvalue weighted by Gasteiger charge is -2.08. The summed E-state index contributed by atoms with van der Waals surface area (Å²) in [6.45, 7) is 1.38. The second-order valence-corrected chi connectivity index (χ2v) is 4.19. The summed E-state index contributed by atoms with van der Waals surface area (Å²) in [6, 6.07) is 11.0. The Morgan fingerprint density at radius 3 is 2.33 bits per heavy atom. The van der Waals surface area contributed by atoms with E-state index in [0.29, 0.717) is 11.5 Å². The van der Waals surface area contributed by atoms with Gasteiger partial charge in [-0.05, 0) is 48.9 Å². The molecular formula is C16H17FO4. The fourth-order valence-electron chi connectivity index (χ4n) is 1.56. The van der Waals surface area contributed by atoms with Crippen molar-refractivity contribution in [1.29, 1.82) is 0 Å². The van der Waals surface area contributed by atoms with Crippen LogP contribution in [-0.2, 0) is 4.79 Å². The standard InChI is InChI=1S/C15H13FO4.CH4/c1-10-2-7-14(13(16)8-10)20-12-5-3-11(4-6-12)19-9-15(17)18;/h2-8H,9H2,1H3,(H,17,18);1H4. The fraction of sp³-hybridized carbons (Fsp3) is 0.188. The van der Waals surface area contributed by atoms with E-state index in [1.807, 2.05) is 0 Å². The van der Waals surface area contributed by atoms with Crippen LogP contribution in [0.2, 0.25) is 0 Å². The van der Waals surface area contributed by atoms with Gasteiger partial charge in [0.15, 0.2) is 18.2 Å². The summed E-state index contributed by atoms with van der Waals surface area (Å²) in [6.07, 6.45) is 0. The third-order valence-corrected chi connectivity index (χ3v) is 2.50. The molecule has 112 valence electrons. The van der Waals surface area contributed by atoms with E-state index >= 15 is 0 Å². The Hall–Kier alpha value is -2.56.